The lowest BCUT2D eigenvalue weighted by atomic mass is 10.4. The number of halogens is 2. The summed E-state index contributed by atoms with van der Waals surface area (Å²) in [5.41, 5.74) is 0.628. The zero-order chi connectivity index (χ0) is 10.4. The van der Waals surface area contributed by atoms with Gasteiger partial charge in [-0.15, -0.1) is 11.6 Å². The molecule has 0 fully saturated rings. The van der Waals surface area contributed by atoms with Crippen molar-refractivity contribution >= 4 is 23.2 Å². The van der Waals surface area contributed by atoms with Crippen molar-refractivity contribution in [2.24, 2.45) is 0 Å². The molecule has 0 saturated carbocycles. The van der Waals surface area contributed by atoms with E-state index < -0.39 is 0 Å². The molecule has 1 aromatic heterocycles. The van der Waals surface area contributed by atoms with Crippen LogP contribution in [0.1, 0.15) is 5.69 Å². The van der Waals surface area contributed by atoms with E-state index in [2.05, 4.69) is 4.98 Å². The lowest BCUT2D eigenvalue weighted by Crippen LogP contribution is -2.05. The van der Waals surface area contributed by atoms with Gasteiger partial charge in [-0.2, -0.15) is 0 Å². The first kappa shape index (κ1) is 11.6. The van der Waals surface area contributed by atoms with Crippen LogP contribution in [0.2, 0.25) is 5.02 Å². The summed E-state index contributed by atoms with van der Waals surface area (Å²) in [7, 11) is 1.61. The Kier molecular flexibility index (Phi) is 5.01. The third-order valence-corrected chi connectivity index (χ3v) is 2.15. The molecule has 0 aromatic carbocycles. The second-order valence-corrected chi connectivity index (χ2v) is 3.23. The molecule has 0 aliphatic carbocycles. The van der Waals surface area contributed by atoms with Crippen LogP contribution in [0.5, 0.6) is 5.88 Å². The van der Waals surface area contributed by atoms with E-state index in [9.17, 15) is 0 Å². The van der Waals surface area contributed by atoms with Gasteiger partial charge in [0, 0.05) is 13.2 Å². The van der Waals surface area contributed by atoms with E-state index in [1.54, 1.807) is 19.2 Å². The Labute approximate surface area is 92.9 Å². The lowest BCUT2D eigenvalue weighted by molar-refractivity contribution is 0.143. The summed E-state index contributed by atoms with van der Waals surface area (Å²) < 4.78 is 10.1. The van der Waals surface area contributed by atoms with Gasteiger partial charge in [-0.1, -0.05) is 11.6 Å². The Balaban J connectivity index is 2.60. The molecule has 0 radical (unpaired) electrons. The number of hydrogen-bond donors (Lipinski definition) is 0. The number of hydrogen-bond acceptors (Lipinski definition) is 3. The standard InChI is InChI=1S/C9H11Cl2NO2/c1-13-4-5-14-9-3-2-7(11)8(6-10)12-9/h2-3H,4-6H2,1H3. The molecule has 5 heteroatoms. The second-order valence-electron chi connectivity index (χ2n) is 2.55. The van der Waals surface area contributed by atoms with E-state index in [-0.39, 0.29) is 5.88 Å². The molecule has 0 aliphatic heterocycles. The Bertz CT molecular complexity index is 294. The van der Waals surface area contributed by atoms with Crippen molar-refractivity contribution < 1.29 is 9.47 Å². The molecular formula is C9H11Cl2NO2. The normalized spacial score (nSPS) is 10.2. The highest BCUT2D eigenvalue weighted by molar-refractivity contribution is 6.32. The minimum absolute atomic E-state index is 0.278. The van der Waals surface area contributed by atoms with Crippen LogP contribution < -0.4 is 4.74 Å². The second kappa shape index (κ2) is 6.06. The minimum atomic E-state index is 0.278. The first-order valence-electron chi connectivity index (χ1n) is 4.11. The topological polar surface area (TPSA) is 31.4 Å². The first-order valence-corrected chi connectivity index (χ1v) is 5.02. The molecule has 14 heavy (non-hydrogen) atoms. The van der Waals surface area contributed by atoms with Crippen LogP contribution in [0.4, 0.5) is 0 Å². The molecule has 0 atom stereocenters. The van der Waals surface area contributed by atoms with Crippen molar-refractivity contribution in [2.75, 3.05) is 20.3 Å². The van der Waals surface area contributed by atoms with Gasteiger partial charge < -0.3 is 9.47 Å². The molecule has 0 amide bonds. The number of methoxy groups -OCH3 is 1. The van der Waals surface area contributed by atoms with E-state index >= 15 is 0 Å². The molecule has 1 aromatic rings. The summed E-state index contributed by atoms with van der Waals surface area (Å²) in [4.78, 5) is 4.12. The van der Waals surface area contributed by atoms with Gasteiger partial charge in [0.25, 0.3) is 0 Å². The zero-order valence-corrected chi connectivity index (χ0v) is 9.31. The fourth-order valence-corrected chi connectivity index (χ4v) is 1.31. The highest BCUT2D eigenvalue weighted by Crippen LogP contribution is 2.19. The summed E-state index contributed by atoms with van der Waals surface area (Å²) in [5.74, 6) is 0.794. The molecular weight excluding hydrogens is 225 g/mol. The van der Waals surface area contributed by atoms with E-state index in [0.29, 0.717) is 29.8 Å². The van der Waals surface area contributed by atoms with Gasteiger partial charge >= 0.3 is 0 Å². The van der Waals surface area contributed by atoms with Gasteiger partial charge in [0.1, 0.15) is 6.61 Å². The molecule has 0 saturated heterocycles. The molecule has 0 spiro atoms. The monoisotopic (exact) mass is 235 g/mol. The number of aromatic nitrogens is 1. The van der Waals surface area contributed by atoms with Crippen molar-refractivity contribution in [1.29, 1.82) is 0 Å². The van der Waals surface area contributed by atoms with Crippen LogP contribution in [0.25, 0.3) is 0 Å². The third kappa shape index (κ3) is 3.33. The molecule has 0 bridgehead atoms. The number of alkyl halides is 1. The molecule has 1 rings (SSSR count). The predicted molar refractivity (Wildman–Crippen MR) is 56.2 cm³/mol. The summed E-state index contributed by atoms with van der Waals surface area (Å²) in [6.07, 6.45) is 0. The van der Waals surface area contributed by atoms with Crippen LogP contribution in [0, 0.1) is 0 Å². The summed E-state index contributed by atoms with van der Waals surface area (Å²) in [5, 5.41) is 0.555. The zero-order valence-electron chi connectivity index (χ0n) is 7.80. The quantitative estimate of drug-likeness (QED) is 0.581. The van der Waals surface area contributed by atoms with Gasteiger partial charge in [-0.25, -0.2) is 4.98 Å². The van der Waals surface area contributed by atoms with Crippen molar-refractivity contribution in [3.8, 4) is 5.88 Å². The van der Waals surface area contributed by atoms with Crippen LogP contribution in [-0.2, 0) is 10.6 Å². The number of nitrogens with zero attached hydrogens (tertiary/aromatic N) is 1. The van der Waals surface area contributed by atoms with Crippen molar-refractivity contribution in [3.63, 3.8) is 0 Å². The Morgan fingerprint density at radius 2 is 2.14 bits per heavy atom. The smallest absolute Gasteiger partial charge is 0.213 e. The molecule has 78 valence electrons. The molecule has 0 N–H and O–H groups in total. The average Bonchev–Trinajstić information content (AvgIpc) is 2.21. The maximum absolute atomic E-state index is 5.83. The van der Waals surface area contributed by atoms with E-state index in [1.165, 1.54) is 0 Å². The van der Waals surface area contributed by atoms with E-state index in [0.717, 1.165) is 0 Å². The summed E-state index contributed by atoms with van der Waals surface area (Å²) in [6.45, 7) is 0.993. The van der Waals surface area contributed by atoms with Crippen molar-refractivity contribution in [2.45, 2.75) is 5.88 Å². The fraction of sp³-hybridized carbons (Fsp3) is 0.444. The Morgan fingerprint density at radius 3 is 2.79 bits per heavy atom. The highest BCUT2D eigenvalue weighted by Gasteiger charge is 2.03. The fourth-order valence-electron chi connectivity index (χ4n) is 0.868. The van der Waals surface area contributed by atoms with Gasteiger partial charge in [-0.05, 0) is 6.07 Å². The Morgan fingerprint density at radius 1 is 1.36 bits per heavy atom. The largest absolute Gasteiger partial charge is 0.475 e. The maximum Gasteiger partial charge on any atom is 0.213 e. The third-order valence-electron chi connectivity index (χ3n) is 1.56. The van der Waals surface area contributed by atoms with Crippen molar-refractivity contribution in [1.82, 2.24) is 4.98 Å². The highest BCUT2D eigenvalue weighted by atomic mass is 35.5. The summed E-state index contributed by atoms with van der Waals surface area (Å²) >= 11 is 11.5. The summed E-state index contributed by atoms with van der Waals surface area (Å²) in [6, 6.07) is 3.42. The SMILES string of the molecule is COCCOc1ccc(Cl)c(CCl)n1. The first-order chi connectivity index (χ1) is 6.77. The number of pyridine rings is 1. The van der Waals surface area contributed by atoms with Crippen LogP contribution >= 0.6 is 23.2 Å². The van der Waals surface area contributed by atoms with Crippen LogP contribution in [-0.4, -0.2) is 25.3 Å². The lowest BCUT2D eigenvalue weighted by Gasteiger charge is -2.06. The van der Waals surface area contributed by atoms with Gasteiger partial charge in [0.05, 0.1) is 23.2 Å². The van der Waals surface area contributed by atoms with Crippen molar-refractivity contribution in [3.05, 3.63) is 22.8 Å². The minimum Gasteiger partial charge on any atom is -0.475 e. The van der Waals surface area contributed by atoms with Gasteiger partial charge in [0.15, 0.2) is 0 Å². The molecule has 0 aliphatic rings. The van der Waals surface area contributed by atoms with Crippen LogP contribution in [0.3, 0.4) is 0 Å². The van der Waals surface area contributed by atoms with E-state index in [1.807, 2.05) is 0 Å². The Hall–Kier alpha value is -0.510. The van der Waals surface area contributed by atoms with E-state index in [4.69, 9.17) is 32.7 Å². The van der Waals surface area contributed by atoms with Gasteiger partial charge in [-0.3, -0.25) is 0 Å². The molecule has 1 heterocycles. The average molecular weight is 236 g/mol. The molecule has 3 nitrogen and oxygen atoms in total. The molecule has 0 unspecified atom stereocenters. The number of rotatable bonds is 5. The predicted octanol–water partition coefficient (Wildman–Crippen LogP) is 2.50. The number of ether oxygens (including phenoxy) is 2. The van der Waals surface area contributed by atoms with Gasteiger partial charge in [0.2, 0.25) is 5.88 Å². The maximum atomic E-state index is 5.83. The van der Waals surface area contributed by atoms with Crippen LogP contribution in [0.15, 0.2) is 12.1 Å².